The smallest absolute Gasteiger partial charge is 0.170 e. The van der Waals surface area contributed by atoms with Crippen molar-refractivity contribution < 1.29 is 9.53 Å². The summed E-state index contributed by atoms with van der Waals surface area (Å²) in [5.74, 6) is 0.0511. The van der Waals surface area contributed by atoms with E-state index in [0.717, 1.165) is 43.1 Å². The van der Waals surface area contributed by atoms with Crippen LogP contribution < -0.4 is 4.90 Å². The number of ketones is 1. The largest absolute Gasteiger partial charge is 0.378 e. The van der Waals surface area contributed by atoms with Crippen molar-refractivity contribution in [1.29, 1.82) is 0 Å². The van der Waals surface area contributed by atoms with Gasteiger partial charge in [-0.15, -0.1) is 0 Å². The highest BCUT2D eigenvalue weighted by Crippen LogP contribution is 2.22. The first-order valence-electron chi connectivity index (χ1n) is 7.77. The van der Waals surface area contributed by atoms with Crippen molar-refractivity contribution in [1.82, 2.24) is 0 Å². The Balaban J connectivity index is 1.73. The van der Waals surface area contributed by atoms with E-state index in [-0.39, 0.29) is 11.7 Å². The van der Waals surface area contributed by atoms with Gasteiger partial charge in [-0.3, -0.25) is 4.79 Å². The molecule has 1 aliphatic rings. The normalized spacial score (nSPS) is 16.3. The van der Waals surface area contributed by atoms with E-state index in [2.05, 4.69) is 4.90 Å². The lowest BCUT2D eigenvalue weighted by Gasteiger charge is -2.28. The number of morpholine rings is 1. The first kappa shape index (κ1) is 14.8. The van der Waals surface area contributed by atoms with Crippen LogP contribution in [0.3, 0.4) is 0 Å². The zero-order valence-corrected chi connectivity index (χ0v) is 12.9. The summed E-state index contributed by atoms with van der Waals surface area (Å²) in [6.07, 6.45) is 0. The number of carbonyl (C=O) groups excluding carboxylic acids is 1. The van der Waals surface area contributed by atoms with Gasteiger partial charge in [-0.25, -0.2) is 0 Å². The second-order valence-electron chi connectivity index (χ2n) is 5.64. The molecule has 0 radical (unpaired) electrons. The molecular weight excluding hydrogens is 274 g/mol. The molecule has 0 aromatic heterocycles. The van der Waals surface area contributed by atoms with Crippen molar-refractivity contribution in [3.8, 4) is 0 Å². The van der Waals surface area contributed by atoms with Crippen LogP contribution in [0.15, 0.2) is 54.6 Å². The van der Waals surface area contributed by atoms with Gasteiger partial charge in [0.05, 0.1) is 13.2 Å². The Morgan fingerprint density at radius 2 is 1.64 bits per heavy atom. The van der Waals surface area contributed by atoms with Crippen molar-refractivity contribution >= 4 is 11.5 Å². The number of hydrogen-bond acceptors (Lipinski definition) is 3. The van der Waals surface area contributed by atoms with E-state index in [1.165, 1.54) is 0 Å². The third kappa shape index (κ3) is 3.20. The van der Waals surface area contributed by atoms with Crippen LogP contribution in [0, 0.1) is 0 Å². The summed E-state index contributed by atoms with van der Waals surface area (Å²) in [5, 5.41) is 0. The second-order valence-corrected chi connectivity index (χ2v) is 5.64. The third-order valence-electron chi connectivity index (χ3n) is 4.22. The van der Waals surface area contributed by atoms with Gasteiger partial charge in [-0.05, 0) is 29.8 Å². The fourth-order valence-electron chi connectivity index (χ4n) is 2.80. The zero-order valence-electron chi connectivity index (χ0n) is 12.9. The van der Waals surface area contributed by atoms with E-state index in [0.29, 0.717) is 0 Å². The molecule has 0 amide bonds. The van der Waals surface area contributed by atoms with Gasteiger partial charge in [0.25, 0.3) is 0 Å². The molecule has 1 aliphatic heterocycles. The summed E-state index contributed by atoms with van der Waals surface area (Å²) < 4.78 is 5.37. The van der Waals surface area contributed by atoms with Gasteiger partial charge in [-0.2, -0.15) is 0 Å². The minimum absolute atomic E-state index is 0.115. The fraction of sp³-hybridized carbons (Fsp3) is 0.316. The molecule has 2 aromatic rings. The van der Waals surface area contributed by atoms with Gasteiger partial charge in [0.15, 0.2) is 5.78 Å². The van der Waals surface area contributed by atoms with Crippen molar-refractivity contribution in [3.05, 3.63) is 65.7 Å². The van der Waals surface area contributed by atoms with Gasteiger partial charge in [0, 0.05) is 30.3 Å². The number of nitrogens with zero attached hydrogens (tertiary/aromatic N) is 1. The van der Waals surface area contributed by atoms with Gasteiger partial charge >= 0.3 is 0 Å². The summed E-state index contributed by atoms with van der Waals surface area (Å²) in [4.78, 5) is 14.9. The first-order chi connectivity index (χ1) is 10.8. The molecule has 3 nitrogen and oxygen atoms in total. The average Bonchev–Trinajstić information content (AvgIpc) is 2.62. The summed E-state index contributed by atoms with van der Waals surface area (Å²) in [7, 11) is 0. The molecule has 0 aliphatic carbocycles. The third-order valence-corrected chi connectivity index (χ3v) is 4.22. The van der Waals surface area contributed by atoms with E-state index in [1.807, 2.05) is 61.5 Å². The summed E-state index contributed by atoms with van der Waals surface area (Å²) in [6, 6.07) is 17.9. The van der Waals surface area contributed by atoms with E-state index in [9.17, 15) is 4.79 Å². The molecule has 1 heterocycles. The van der Waals surface area contributed by atoms with Gasteiger partial charge in [0.2, 0.25) is 0 Å². The van der Waals surface area contributed by atoms with Gasteiger partial charge in [-0.1, -0.05) is 37.3 Å². The maximum atomic E-state index is 12.6. The Bertz CT molecular complexity index is 616. The molecular formula is C19H21NO2. The molecule has 1 saturated heterocycles. The molecule has 1 fully saturated rings. The van der Waals surface area contributed by atoms with Crippen LogP contribution >= 0.6 is 0 Å². The maximum absolute atomic E-state index is 12.6. The quantitative estimate of drug-likeness (QED) is 0.808. The Morgan fingerprint density at radius 3 is 2.27 bits per heavy atom. The fourth-order valence-corrected chi connectivity index (χ4v) is 2.80. The number of rotatable bonds is 4. The number of Topliss-reactive ketones (excluding diaryl/α,β-unsaturated/α-hetero) is 1. The zero-order chi connectivity index (χ0) is 15.4. The predicted molar refractivity (Wildman–Crippen MR) is 88.7 cm³/mol. The minimum atomic E-state index is -0.115. The molecule has 0 spiro atoms. The predicted octanol–water partition coefficient (Wildman–Crippen LogP) is 3.51. The number of ether oxygens (including phenoxy) is 1. The average molecular weight is 295 g/mol. The molecule has 3 heteroatoms. The lowest BCUT2D eigenvalue weighted by molar-refractivity contribution is 0.0966. The van der Waals surface area contributed by atoms with Crippen LogP contribution in [0.4, 0.5) is 5.69 Å². The Labute approximate surface area is 131 Å². The minimum Gasteiger partial charge on any atom is -0.378 e. The molecule has 1 unspecified atom stereocenters. The first-order valence-corrected chi connectivity index (χ1v) is 7.77. The van der Waals surface area contributed by atoms with Crippen LogP contribution in [0.5, 0.6) is 0 Å². The Hall–Kier alpha value is -2.13. The highest BCUT2D eigenvalue weighted by atomic mass is 16.5. The standard InChI is InChI=1S/C19H21NO2/c1-15(16-5-3-2-4-6-16)19(21)17-7-9-18(10-8-17)20-11-13-22-14-12-20/h2-10,15H,11-14H2,1H3. The number of hydrogen-bond donors (Lipinski definition) is 0. The summed E-state index contributed by atoms with van der Waals surface area (Å²) in [6.45, 7) is 5.33. The Morgan fingerprint density at radius 1 is 1.00 bits per heavy atom. The van der Waals surface area contributed by atoms with Crippen LogP contribution in [-0.4, -0.2) is 32.1 Å². The molecule has 114 valence electrons. The van der Waals surface area contributed by atoms with Crippen LogP contribution in [0.25, 0.3) is 0 Å². The van der Waals surface area contributed by atoms with Crippen molar-refractivity contribution in [2.75, 3.05) is 31.2 Å². The van der Waals surface area contributed by atoms with E-state index in [1.54, 1.807) is 0 Å². The topological polar surface area (TPSA) is 29.5 Å². The van der Waals surface area contributed by atoms with Crippen LogP contribution in [-0.2, 0) is 4.74 Å². The highest BCUT2D eigenvalue weighted by Gasteiger charge is 2.17. The van der Waals surface area contributed by atoms with Gasteiger partial charge < -0.3 is 9.64 Å². The lowest BCUT2D eigenvalue weighted by Crippen LogP contribution is -2.36. The molecule has 1 atom stereocenters. The summed E-state index contributed by atoms with van der Waals surface area (Å²) in [5.41, 5.74) is 2.99. The maximum Gasteiger partial charge on any atom is 0.170 e. The molecule has 2 aromatic carbocycles. The van der Waals surface area contributed by atoms with Crippen molar-refractivity contribution in [3.63, 3.8) is 0 Å². The van der Waals surface area contributed by atoms with Crippen LogP contribution in [0.2, 0.25) is 0 Å². The number of anilines is 1. The van der Waals surface area contributed by atoms with Crippen LogP contribution in [0.1, 0.15) is 28.8 Å². The van der Waals surface area contributed by atoms with Gasteiger partial charge in [0.1, 0.15) is 0 Å². The Kier molecular flexibility index (Phi) is 4.54. The molecule has 0 saturated carbocycles. The number of carbonyl (C=O) groups is 1. The molecule has 0 bridgehead atoms. The molecule has 22 heavy (non-hydrogen) atoms. The highest BCUT2D eigenvalue weighted by molar-refractivity contribution is 6.00. The monoisotopic (exact) mass is 295 g/mol. The van der Waals surface area contributed by atoms with E-state index >= 15 is 0 Å². The molecule has 0 N–H and O–H groups in total. The van der Waals surface area contributed by atoms with Crippen molar-refractivity contribution in [2.24, 2.45) is 0 Å². The summed E-state index contributed by atoms with van der Waals surface area (Å²) >= 11 is 0. The van der Waals surface area contributed by atoms with E-state index < -0.39 is 0 Å². The van der Waals surface area contributed by atoms with Crippen molar-refractivity contribution in [2.45, 2.75) is 12.8 Å². The number of benzene rings is 2. The molecule has 3 rings (SSSR count). The second kappa shape index (κ2) is 6.75. The van der Waals surface area contributed by atoms with E-state index in [4.69, 9.17) is 4.74 Å². The SMILES string of the molecule is CC(C(=O)c1ccc(N2CCOCC2)cc1)c1ccccc1. The lowest BCUT2D eigenvalue weighted by atomic mass is 9.92.